The lowest BCUT2D eigenvalue weighted by Gasteiger charge is -2.30. The van der Waals surface area contributed by atoms with E-state index in [-0.39, 0.29) is 0 Å². The van der Waals surface area contributed by atoms with E-state index in [1.165, 1.54) is 24.4 Å². The van der Waals surface area contributed by atoms with Crippen LogP contribution in [0.15, 0.2) is 6.33 Å². The van der Waals surface area contributed by atoms with Crippen molar-refractivity contribution in [2.75, 3.05) is 24.5 Å². The van der Waals surface area contributed by atoms with Gasteiger partial charge in [0.25, 0.3) is 0 Å². The number of hydrogen-bond acceptors (Lipinski definition) is 5. The summed E-state index contributed by atoms with van der Waals surface area (Å²) in [7, 11) is 0. The summed E-state index contributed by atoms with van der Waals surface area (Å²) in [6.45, 7) is 2.98. The van der Waals surface area contributed by atoms with Crippen molar-refractivity contribution < 1.29 is 0 Å². The maximum absolute atomic E-state index is 5.62. The second kappa shape index (κ2) is 4.02. The first-order valence-corrected chi connectivity index (χ1v) is 5.39. The Bertz CT molecular complexity index is 241. The molecule has 1 aliphatic rings. The normalized spacial score (nSPS) is 19.3. The van der Waals surface area contributed by atoms with Crippen molar-refractivity contribution in [1.82, 2.24) is 9.36 Å². The van der Waals surface area contributed by atoms with E-state index in [4.69, 9.17) is 5.73 Å². The number of rotatable bonds is 2. The summed E-state index contributed by atoms with van der Waals surface area (Å²) in [6.07, 6.45) is 4.00. The first-order chi connectivity index (χ1) is 6.40. The van der Waals surface area contributed by atoms with Gasteiger partial charge in [0.05, 0.1) is 0 Å². The highest BCUT2D eigenvalue weighted by Gasteiger charge is 2.19. The minimum Gasteiger partial charge on any atom is -0.347 e. The lowest BCUT2D eigenvalue weighted by Crippen LogP contribution is -2.35. The molecule has 1 saturated heterocycles. The van der Waals surface area contributed by atoms with Crippen molar-refractivity contribution in [3.8, 4) is 0 Å². The molecule has 0 radical (unpaired) electrons. The van der Waals surface area contributed by atoms with Crippen LogP contribution in [0.1, 0.15) is 12.8 Å². The second-order valence-corrected chi connectivity index (χ2v) is 4.15. The topological polar surface area (TPSA) is 55.0 Å². The Hall–Kier alpha value is -0.680. The van der Waals surface area contributed by atoms with E-state index in [0.717, 1.165) is 24.8 Å². The Labute approximate surface area is 81.9 Å². The molecule has 5 heteroatoms. The van der Waals surface area contributed by atoms with Crippen LogP contribution in [0, 0.1) is 5.92 Å². The Morgan fingerprint density at radius 1 is 1.54 bits per heavy atom. The molecule has 0 aliphatic carbocycles. The second-order valence-electron chi connectivity index (χ2n) is 3.39. The van der Waals surface area contributed by atoms with Crippen LogP contribution in [-0.2, 0) is 0 Å². The molecule has 1 aromatic heterocycles. The van der Waals surface area contributed by atoms with E-state index in [9.17, 15) is 0 Å². The third-order valence-electron chi connectivity index (χ3n) is 2.57. The quantitative estimate of drug-likeness (QED) is 0.760. The van der Waals surface area contributed by atoms with E-state index < -0.39 is 0 Å². The Kier molecular flexibility index (Phi) is 2.75. The Morgan fingerprint density at radius 2 is 2.31 bits per heavy atom. The van der Waals surface area contributed by atoms with Gasteiger partial charge in [-0.25, -0.2) is 4.98 Å². The first-order valence-electron chi connectivity index (χ1n) is 4.62. The third-order valence-corrected chi connectivity index (χ3v) is 3.29. The molecule has 2 rings (SSSR count). The van der Waals surface area contributed by atoms with Crippen LogP contribution in [0.4, 0.5) is 5.13 Å². The molecule has 0 saturated carbocycles. The summed E-state index contributed by atoms with van der Waals surface area (Å²) in [5.41, 5.74) is 5.62. The van der Waals surface area contributed by atoms with Crippen LogP contribution in [0.2, 0.25) is 0 Å². The van der Waals surface area contributed by atoms with Gasteiger partial charge in [-0.05, 0) is 25.3 Å². The van der Waals surface area contributed by atoms with E-state index >= 15 is 0 Å². The van der Waals surface area contributed by atoms with Crippen molar-refractivity contribution >= 4 is 16.7 Å². The molecule has 0 aromatic carbocycles. The van der Waals surface area contributed by atoms with Gasteiger partial charge in [-0.2, -0.15) is 4.37 Å². The fraction of sp³-hybridized carbons (Fsp3) is 0.750. The molecule has 1 aromatic rings. The maximum atomic E-state index is 5.62. The summed E-state index contributed by atoms with van der Waals surface area (Å²) >= 11 is 1.47. The summed E-state index contributed by atoms with van der Waals surface area (Å²) < 4.78 is 4.00. The number of nitrogens with zero attached hydrogens (tertiary/aromatic N) is 3. The van der Waals surface area contributed by atoms with Crippen LogP contribution in [0.5, 0.6) is 0 Å². The fourth-order valence-corrected chi connectivity index (χ4v) is 2.25. The predicted octanol–water partition coefficient (Wildman–Crippen LogP) is 0.713. The molecule has 72 valence electrons. The fourth-order valence-electron chi connectivity index (χ4n) is 1.67. The average molecular weight is 198 g/mol. The van der Waals surface area contributed by atoms with Crippen molar-refractivity contribution in [3.05, 3.63) is 6.33 Å². The van der Waals surface area contributed by atoms with E-state index in [0.29, 0.717) is 5.92 Å². The van der Waals surface area contributed by atoms with Gasteiger partial charge in [0.1, 0.15) is 6.33 Å². The molecule has 1 aliphatic heterocycles. The minimum atomic E-state index is 0.712. The van der Waals surface area contributed by atoms with Gasteiger partial charge >= 0.3 is 0 Å². The summed E-state index contributed by atoms with van der Waals surface area (Å²) in [5.74, 6) is 0.712. The lowest BCUT2D eigenvalue weighted by molar-refractivity contribution is 0.414. The maximum Gasteiger partial charge on any atom is 0.204 e. The molecular weight excluding hydrogens is 184 g/mol. The van der Waals surface area contributed by atoms with Gasteiger partial charge in [0, 0.05) is 24.6 Å². The van der Waals surface area contributed by atoms with E-state index in [2.05, 4.69) is 14.3 Å². The van der Waals surface area contributed by atoms with Crippen LogP contribution >= 0.6 is 11.5 Å². The summed E-state index contributed by atoms with van der Waals surface area (Å²) in [4.78, 5) is 6.49. The Morgan fingerprint density at radius 3 is 2.85 bits per heavy atom. The van der Waals surface area contributed by atoms with Crippen LogP contribution in [0.3, 0.4) is 0 Å². The van der Waals surface area contributed by atoms with Crippen LogP contribution < -0.4 is 10.6 Å². The van der Waals surface area contributed by atoms with Crippen LogP contribution in [0.25, 0.3) is 0 Å². The van der Waals surface area contributed by atoms with E-state index in [1.54, 1.807) is 6.33 Å². The zero-order valence-corrected chi connectivity index (χ0v) is 8.33. The third kappa shape index (κ3) is 1.97. The van der Waals surface area contributed by atoms with Gasteiger partial charge in [0.15, 0.2) is 0 Å². The summed E-state index contributed by atoms with van der Waals surface area (Å²) in [5, 5.41) is 1.05. The lowest BCUT2D eigenvalue weighted by atomic mass is 9.98. The zero-order chi connectivity index (χ0) is 9.10. The SMILES string of the molecule is NCC1CCN(c2ncns2)CC1. The number of piperidine rings is 1. The predicted molar refractivity (Wildman–Crippen MR) is 53.9 cm³/mol. The highest BCUT2D eigenvalue weighted by atomic mass is 32.1. The van der Waals surface area contributed by atoms with Gasteiger partial charge in [-0.1, -0.05) is 0 Å². The molecule has 0 bridgehead atoms. The molecule has 0 amide bonds. The van der Waals surface area contributed by atoms with Crippen molar-refractivity contribution in [1.29, 1.82) is 0 Å². The number of hydrogen-bond donors (Lipinski definition) is 1. The van der Waals surface area contributed by atoms with Gasteiger partial charge in [-0.3, -0.25) is 0 Å². The van der Waals surface area contributed by atoms with Gasteiger partial charge in [-0.15, -0.1) is 0 Å². The molecule has 0 spiro atoms. The molecule has 2 heterocycles. The number of nitrogens with two attached hydrogens (primary N) is 1. The van der Waals surface area contributed by atoms with Crippen molar-refractivity contribution in [3.63, 3.8) is 0 Å². The van der Waals surface area contributed by atoms with Gasteiger partial charge < -0.3 is 10.6 Å². The smallest absolute Gasteiger partial charge is 0.204 e. The largest absolute Gasteiger partial charge is 0.347 e. The molecule has 0 unspecified atom stereocenters. The number of aromatic nitrogens is 2. The monoisotopic (exact) mass is 198 g/mol. The highest BCUT2D eigenvalue weighted by molar-refractivity contribution is 7.09. The highest BCUT2D eigenvalue weighted by Crippen LogP contribution is 2.22. The minimum absolute atomic E-state index is 0.712. The Balaban J connectivity index is 1.92. The summed E-state index contributed by atoms with van der Waals surface area (Å²) in [6, 6.07) is 0. The zero-order valence-electron chi connectivity index (χ0n) is 7.52. The molecule has 13 heavy (non-hydrogen) atoms. The molecule has 1 fully saturated rings. The van der Waals surface area contributed by atoms with Crippen molar-refractivity contribution in [2.24, 2.45) is 11.7 Å². The standard InChI is InChI=1S/C8H14N4S/c9-5-7-1-3-12(4-2-7)8-10-6-11-13-8/h6-7H,1-5,9H2. The molecule has 4 nitrogen and oxygen atoms in total. The molecular formula is C8H14N4S. The molecule has 0 atom stereocenters. The van der Waals surface area contributed by atoms with E-state index in [1.807, 2.05) is 0 Å². The molecule has 2 N–H and O–H groups in total. The van der Waals surface area contributed by atoms with Crippen molar-refractivity contribution in [2.45, 2.75) is 12.8 Å². The number of anilines is 1. The van der Waals surface area contributed by atoms with Crippen LogP contribution in [-0.4, -0.2) is 29.0 Å². The van der Waals surface area contributed by atoms with Gasteiger partial charge in [0.2, 0.25) is 5.13 Å². The first kappa shape index (κ1) is 8.90. The average Bonchev–Trinajstić information content (AvgIpc) is 2.71.